The van der Waals surface area contributed by atoms with E-state index in [1.807, 2.05) is 0 Å². The van der Waals surface area contributed by atoms with Gasteiger partial charge in [-0.25, -0.2) is 4.68 Å². The van der Waals surface area contributed by atoms with Crippen LogP contribution in [0.1, 0.15) is 18.1 Å². The minimum absolute atomic E-state index is 0.918. The average molecular weight is 227 g/mol. The molecule has 0 radical (unpaired) electrons. The number of aryl methyl sites for hydroxylation is 2. The highest BCUT2D eigenvalue weighted by Gasteiger charge is 2.22. The van der Waals surface area contributed by atoms with Gasteiger partial charge in [0.2, 0.25) is 0 Å². The summed E-state index contributed by atoms with van der Waals surface area (Å²) in [6, 6.07) is 8.47. The molecule has 1 N–H and O–H groups in total. The summed E-state index contributed by atoms with van der Waals surface area (Å²) in [4.78, 5) is 0. The van der Waals surface area contributed by atoms with E-state index in [1.165, 1.54) is 22.5 Å². The summed E-state index contributed by atoms with van der Waals surface area (Å²) < 4.78 is 2.07. The average Bonchev–Trinajstić information content (AvgIpc) is 2.91. The second-order valence-electron chi connectivity index (χ2n) is 4.48. The first-order valence-corrected chi connectivity index (χ1v) is 6.21. The first-order valence-electron chi connectivity index (χ1n) is 6.21. The third-order valence-electron chi connectivity index (χ3n) is 3.42. The van der Waals surface area contributed by atoms with Crippen LogP contribution in [0.5, 0.6) is 0 Å². The Kier molecular flexibility index (Phi) is 2.39. The van der Waals surface area contributed by atoms with E-state index in [0.717, 1.165) is 25.2 Å². The number of hydrogen-bond acceptors (Lipinski definition) is 2. The predicted octanol–water partition coefficient (Wildman–Crippen LogP) is 2.85. The van der Waals surface area contributed by atoms with Crippen LogP contribution in [0.15, 0.2) is 24.3 Å². The van der Waals surface area contributed by atoms with E-state index in [9.17, 15) is 0 Å². The van der Waals surface area contributed by atoms with Gasteiger partial charge in [0.25, 0.3) is 0 Å². The van der Waals surface area contributed by atoms with Crippen LogP contribution < -0.4 is 5.32 Å². The van der Waals surface area contributed by atoms with Crippen molar-refractivity contribution in [2.24, 2.45) is 0 Å². The Bertz CT molecular complexity index is 555. The molecule has 0 saturated carbocycles. The van der Waals surface area contributed by atoms with Crippen molar-refractivity contribution in [1.82, 2.24) is 9.78 Å². The van der Waals surface area contributed by atoms with E-state index in [0.29, 0.717) is 0 Å². The number of nitrogens with one attached hydrogen (secondary N) is 1. The minimum Gasteiger partial charge on any atom is -0.370 e. The Balaban J connectivity index is 2.19. The molecule has 0 spiro atoms. The molecule has 88 valence electrons. The number of hydrogen-bond donors (Lipinski definition) is 1. The van der Waals surface area contributed by atoms with Crippen LogP contribution in [-0.4, -0.2) is 16.3 Å². The molecule has 1 aromatic carbocycles. The van der Waals surface area contributed by atoms with Gasteiger partial charge < -0.3 is 5.32 Å². The topological polar surface area (TPSA) is 29.9 Å². The highest BCUT2D eigenvalue weighted by atomic mass is 15.3. The third-order valence-corrected chi connectivity index (χ3v) is 3.42. The van der Waals surface area contributed by atoms with Crippen molar-refractivity contribution in [1.29, 1.82) is 0 Å². The molecule has 2 heterocycles. The molecule has 3 heteroatoms. The van der Waals surface area contributed by atoms with Gasteiger partial charge >= 0.3 is 0 Å². The summed E-state index contributed by atoms with van der Waals surface area (Å²) in [5.74, 6) is 1.21. The van der Waals surface area contributed by atoms with E-state index < -0.39 is 0 Å². The molecule has 3 nitrogen and oxygen atoms in total. The summed E-state index contributed by atoms with van der Waals surface area (Å²) in [6.07, 6.45) is 1.08. The second-order valence-corrected chi connectivity index (χ2v) is 4.48. The van der Waals surface area contributed by atoms with E-state index >= 15 is 0 Å². The van der Waals surface area contributed by atoms with Gasteiger partial charge in [-0.1, -0.05) is 24.3 Å². The Hall–Kier alpha value is -1.77. The van der Waals surface area contributed by atoms with Gasteiger partial charge in [0.05, 0.1) is 5.69 Å². The normalized spacial score (nSPS) is 13.5. The lowest BCUT2D eigenvalue weighted by Gasteiger charge is -2.03. The molecular formula is C14H17N3. The van der Waals surface area contributed by atoms with Gasteiger partial charge in [-0.2, -0.15) is 5.10 Å². The van der Waals surface area contributed by atoms with Gasteiger partial charge in [0, 0.05) is 24.2 Å². The Morgan fingerprint density at radius 3 is 2.94 bits per heavy atom. The van der Waals surface area contributed by atoms with E-state index in [-0.39, 0.29) is 0 Å². The quantitative estimate of drug-likeness (QED) is 0.855. The molecule has 1 aliphatic rings. The zero-order valence-corrected chi connectivity index (χ0v) is 10.3. The number of anilines is 1. The maximum atomic E-state index is 4.74. The fraction of sp³-hybridized carbons (Fsp3) is 0.357. The maximum Gasteiger partial charge on any atom is 0.128 e. The molecule has 3 rings (SSSR count). The molecule has 0 bridgehead atoms. The lowest BCUT2D eigenvalue weighted by atomic mass is 10.0. The van der Waals surface area contributed by atoms with Gasteiger partial charge in [-0.15, -0.1) is 0 Å². The first-order chi connectivity index (χ1) is 8.31. The molecule has 0 aliphatic carbocycles. The van der Waals surface area contributed by atoms with Crippen LogP contribution in [0.3, 0.4) is 0 Å². The van der Waals surface area contributed by atoms with Crippen LogP contribution in [0, 0.1) is 6.92 Å². The zero-order chi connectivity index (χ0) is 11.8. The van der Waals surface area contributed by atoms with Crippen LogP contribution in [0.25, 0.3) is 11.3 Å². The molecular weight excluding hydrogens is 210 g/mol. The number of fused-ring (bicyclic) bond motifs is 1. The minimum atomic E-state index is 0.918. The highest BCUT2D eigenvalue weighted by molar-refractivity contribution is 5.73. The van der Waals surface area contributed by atoms with Gasteiger partial charge in [0.15, 0.2) is 0 Å². The van der Waals surface area contributed by atoms with Crippen molar-refractivity contribution in [3.8, 4) is 11.3 Å². The zero-order valence-electron chi connectivity index (χ0n) is 10.3. The lowest BCUT2D eigenvalue weighted by Crippen LogP contribution is -2.04. The SMILES string of the molecule is CCn1nc(-c2ccccc2C)c2c1NCC2. The van der Waals surface area contributed by atoms with Gasteiger partial charge in [-0.3, -0.25) is 0 Å². The maximum absolute atomic E-state index is 4.74. The molecule has 0 amide bonds. The Morgan fingerprint density at radius 2 is 2.18 bits per heavy atom. The molecule has 0 fully saturated rings. The molecule has 0 atom stereocenters. The number of benzene rings is 1. The van der Waals surface area contributed by atoms with Crippen molar-refractivity contribution in [2.75, 3.05) is 11.9 Å². The summed E-state index contributed by atoms with van der Waals surface area (Å²) in [6.45, 7) is 6.23. The van der Waals surface area contributed by atoms with E-state index in [2.05, 4.69) is 48.1 Å². The summed E-state index contributed by atoms with van der Waals surface area (Å²) >= 11 is 0. The third kappa shape index (κ3) is 1.54. The van der Waals surface area contributed by atoms with E-state index in [4.69, 9.17) is 5.10 Å². The second kappa shape index (κ2) is 3.91. The molecule has 1 aliphatic heterocycles. The van der Waals surface area contributed by atoms with Crippen molar-refractivity contribution >= 4 is 5.82 Å². The van der Waals surface area contributed by atoms with E-state index in [1.54, 1.807) is 0 Å². The largest absolute Gasteiger partial charge is 0.370 e. The van der Waals surface area contributed by atoms with Crippen molar-refractivity contribution < 1.29 is 0 Å². The van der Waals surface area contributed by atoms with Gasteiger partial charge in [0.1, 0.15) is 5.82 Å². The Labute approximate surface area is 101 Å². The van der Waals surface area contributed by atoms with Gasteiger partial charge in [-0.05, 0) is 25.8 Å². The summed E-state index contributed by atoms with van der Waals surface area (Å²) in [5, 5.41) is 8.17. The number of aromatic nitrogens is 2. The fourth-order valence-electron chi connectivity index (χ4n) is 2.52. The smallest absolute Gasteiger partial charge is 0.128 e. The monoisotopic (exact) mass is 227 g/mol. The van der Waals surface area contributed by atoms with Crippen molar-refractivity contribution in [2.45, 2.75) is 26.8 Å². The predicted molar refractivity (Wildman–Crippen MR) is 70.3 cm³/mol. The summed E-state index contributed by atoms with van der Waals surface area (Å²) in [5.41, 5.74) is 5.09. The van der Waals surface area contributed by atoms with Crippen molar-refractivity contribution in [3.05, 3.63) is 35.4 Å². The molecule has 1 aromatic heterocycles. The standard InChI is InChI=1S/C14H17N3/c1-3-17-14-12(8-9-15-14)13(16-17)11-7-5-4-6-10(11)2/h4-7,15H,3,8-9H2,1-2H3. The molecule has 17 heavy (non-hydrogen) atoms. The van der Waals surface area contributed by atoms with Crippen LogP contribution in [0.4, 0.5) is 5.82 Å². The first kappa shape index (κ1) is 10.4. The fourth-order valence-corrected chi connectivity index (χ4v) is 2.52. The lowest BCUT2D eigenvalue weighted by molar-refractivity contribution is 0.668. The molecule has 2 aromatic rings. The van der Waals surface area contributed by atoms with Crippen LogP contribution in [0.2, 0.25) is 0 Å². The molecule has 0 unspecified atom stereocenters. The summed E-state index contributed by atoms with van der Waals surface area (Å²) in [7, 11) is 0. The van der Waals surface area contributed by atoms with Crippen LogP contribution in [-0.2, 0) is 13.0 Å². The number of nitrogens with zero attached hydrogens (tertiary/aromatic N) is 2. The molecule has 0 saturated heterocycles. The highest BCUT2D eigenvalue weighted by Crippen LogP contribution is 2.33. The van der Waals surface area contributed by atoms with Crippen LogP contribution >= 0.6 is 0 Å². The number of rotatable bonds is 2. The Morgan fingerprint density at radius 1 is 1.35 bits per heavy atom. The van der Waals surface area contributed by atoms with Crippen molar-refractivity contribution in [3.63, 3.8) is 0 Å².